The highest BCUT2D eigenvalue weighted by atomic mass is 32.2. The van der Waals surface area contributed by atoms with Gasteiger partial charge in [-0.25, -0.2) is 0 Å². The predicted octanol–water partition coefficient (Wildman–Crippen LogP) is 7.85. The Morgan fingerprint density at radius 2 is 1.82 bits per heavy atom. The normalized spacial score (nSPS) is 35.6. The number of hydrogen-bond donors (Lipinski definition) is 1. The van der Waals surface area contributed by atoms with Crippen LogP contribution in [0.15, 0.2) is 42.0 Å². The molecule has 0 amide bonds. The quantitative estimate of drug-likeness (QED) is 0.460. The van der Waals surface area contributed by atoms with Crippen LogP contribution in [-0.4, -0.2) is 22.7 Å². The molecule has 6 atom stereocenters. The standard InChI is InChI=1S/C21H34O2.C9H12S/c1-5-7-17-16-9-8-14-12-15(22)10-11-21(14,4)19(16)18(23)13-20(17,3)6-2;1-2-10-8-9-6-4-3-5-7-9/h12,16-19,23H,5-11,13H2,1-4H3;3-7H,2,8H2,1H3. The third kappa shape index (κ3) is 5.78. The first-order chi connectivity index (χ1) is 15.8. The Morgan fingerprint density at radius 1 is 1.09 bits per heavy atom. The number of carbonyl (C=O) groups excluding carboxylic acids is 1. The van der Waals surface area contributed by atoms with Crippen molar-refractivity contribution in [3.8, 4) is 0 Å². The van der Waals surface area contributed by atoms with E-state index >= 15 is 0 Å². The molecule has 2 saturated carbocycles. The van der Waals surface area contributed by atoms with Crippen molar-refractivity contribution in [3.05, 3.63) is 47.5 Å². The van der Waals surface area contributed by atoms with Gasteiger partial charge in [-0.05, 0) is 78.1 Å². The Hall–Kier alpha value is -1.06. The number of fused-ring (bicyclic) bond motifs is 3. The first-order valence-electron chi connectivity index (χ1n) is 13.3. The van der Waals surface area contributed by atoms with Gasteiger partial charge in [0.25, 0.3) is 0 Å². The first-order valence-corrected chi connectivity index (χ1v) is 14.5. The van der Waals surface area contributed by atoms with E-state index in [1.807, 2.05) is 17.8 Å². The number of benzene rings is 1. The molecule has 2 fully saturated rings. The summed E-state index contributed by atoms with van der Waals surface area (Å²) in [5, 5.41) is 11.1. The second-order valence-corrected chi connectivity index (χ2v) is 12.4. The lowest BCUT2D eigenvalue weighted by Crippen LogP contribution is -2.56. The topological polar surface area (TPSA) is 37.3 Å². The Morgan fingerprint density at radius 3 is 2.45 bits per heavy atom. The third-order valence-electron chi connectivity index (χ3n) is 9.13. The summed E-state index contributed by atoms with van der Waals surface area (Å²) in [5.41, 5.74) is 3.09. The lowest BCUT2D eigenvalue weighted by Gasteiger charge is -2.60. The molecular weight excluding hydrogens is 424 g/mol. The van der Waals surface area contributed by atoms with Crippen molar-refractivity contribution in [2.45, 2.75) is 97.8 Å². The van der Waals surface area contributed by atoms with E-state index in [0.717, 1.165) is 43.8 Å². The maximum absolute atomic E-state index is 11.9. The highest BCUT2D eigenvalue weighted by Crippen LogP contribution is 2.62. The van der Waals surface area contributed by atoms with Crippen LogP contribution in [-0.2, 0) is 10.5 Å². The molecule has 0 aromatic heterocycles. The molecule has 184 valence electrons. The Balaban J connectivity index is 0.000000257. The molecule has 1 aromatic carbocycles. The minimum absolute atomic E-state index is 0.0529. The number of aliphatic hydroxyl groups excluding tert-OH is 1. The van der Waals surface area contributed by atoms with Gasteiger partial charge in [-0.15, -0.1) is 0 Å². The summed E-state index contributed by atoms with van der Waals surface area (Å²) in [6.07, 6.45) is 10.2. The minimum atomic E-state index is -0.208. The number of ketones is 1. The van der Waals surface area contributed by atoms with Crippen molar-refractivity contribution in [2.24, 2.45) is 28.6 Å². The van der Waals surface area contributed by atoms with Crippen molar-refractivity contribution < 1.29 is 9.90 Å². The lowest BCUT2D eigenvalue weighted by molar-refractivity contribution is -0.136. The fraction of sp³-hybridized carbons (Fsp3) is 0.700. The van der Waals surface area contributed by atoms with Crippen molar-refractivity contribution in [2.75, 3.05) is 5.75 Å². The molecular formula is C30H46O2S. The van der Waals surface area contributed by atoms with Gasteiger partial charge in [0.2, 0.25) is 0 Å². The molecule has 2 nitrogen and oxygen atoms in total. The van der Waals surface area contributed by atoms with E-state index in [2.05, 4.69) is 65.0 Å². The predicted molar refractivity (Wildman–Crippen MR) is 142 cm³/mol. The molecule has 0 radical (unpaired) electrons. The molecule has 0 heterocycles. The second kappa shape index (κ2) is 11.6. The lowest BCUT2D eigenvalue weighted by atomic mass is 9.45. The molecule has 33 heavy (non-hydrogen) atoms. The van der Waals surface area contributed by atoms with Crippen LogP contribution in [0.2, 0.25) is 0 Å². The Bertz CT molecular complexity index is 803. The average molecular weight is 471 g/mol. The summed E-state index contributed by atoms with van der Waals surface area (Å²) >= 11 is 1.96. The average Bonchev–Trinajstić information content (AvgIpc) is 2.81. The van der Waals surface area contributed by atoms with Gasteiger partial charge in [-0.2, -0.15) is 11.8 Å². The van der Waals surface area contributed by atoms with Gasteiger partial charge < -0.3 is 5.11 Å². The zero-order chi connectivity index (χ0) is 24.1. The highest BCUT2D eigenvalue weighted by Gasteiger charge is 2.57. The van der Waals surface area contributed by atoms with Crippen LogP contribution in [0, 0.1) is 28.6 Å². The zero-order valence-corrected chi connectivity index (χ0v) is 22.4. The second-order valence-electron chi connectivity index (χ2n) is 11.1. The molecule has 4 rings (SSSR count). The van der Waals surface area contributed by atoms with Crippen LogP contribution in [0.3, 0.4) is 0 Å². The molecule has 0 spiro atoms. The zero-order valence-electron chi connectivity index (χ0n) is 21.6. The summed E-state index contributed by atoms with van der Waals surface area (Å²) in [6, 6.07) is 10.6. The monoisotopic (exact) mass is 470 g/mol. The smallest absolute Gasteiger partial charge is 0.155 e. The van der Waals surface area contributed by atoms with Gasteiger partial charge in [0.1, 0.15) is 0 Å². The molecule has 0 bridgehead atoms. The number of hydrogen-bond acceptors (Lipinski definition) is 3. The van der Waals surface area contributed by atoms with Crippen molar-refractivity contribution in [1.29, 1.82) is 0 Å². The summed E-state index contributed by atoms with van der Waals surface area (Å²) in [4.78, 5) is 11.9. The third-order valence-corrected chi connectivity index (χ3v) is 10.1. The van der Waals surface area contributed by atoms with Gasteiger partial charge in [-0.1, -0.05) is 83.4 Å². The van der Waals surface area contributed by atoms with Gasteiger partial charge in [-0.3, -0.25) is 4.79 Å². The molecule has 6 unspecified atom stereocenters. The summed E-state index contributed by atoms with van der Waals surface area (Å²) < 4.78 is 0. The maximum atomic E-state index is 11.9. The van der Waals surface area contributed by atoms with Crippen molar-refractivity contribution in [3.63, 3.8) is 0 Å². The van der Waals surface area contributed by atoms with Crippen LogP contribution in [0.25, 0.3) is 0 Å². The first kappa shape index (κ1) is 26.5. The number of thioether (sulfide) groups is 1. The van der Waals surface area contributed by atoms with E-state index < -0.39 is 0 Å². The van der Waals surface area contributed by atoms with Crippen LogP contribution < -0.4 is 0 Å². The highest BCUT2D eigenvalue weighted by molar-refractivity contribution is 7.98. The number of rotatable bonds is 6. The number of allylic oxidation sites excluding steroid dienone is 2. The summed E-state index contributed by atoms with van der Waals surface area (Å²) in [6.45, 7) is 11.5. The minimum Gasteiger partial charge on any atom is -0.393 e. The largest absolute Gasteiger partial charge is 0.393 e. The van der Waals surface area contributed by atoms with Gasteiger partial charge in [0, 0.05) is 12.2 Å². The Labute approximate surface area is 207 Å². The molecule has 1 N–H and O–H groups in total. The SMILES string of the molecule is CCCC1C2CCC3=CC(=O)CCC3(C)C2C(O)CC1(C)CC.CCSCc1ccccc1. The van der Waals surface area contributed by atoms with E-state index in [1.54, 1.807) is 0 Å². The van der Waals surface area contributed by atoms with E-state index in [1.165, 1.54) is 29.7 Å². The number of carbonyl (C=O) groups is 1. The fourth-order valence-electron chi connectivity index (χ4n) is 7.20. The number of aliphatic hydroxyl groups is 1. The summed E-state index contributed by atoms with van der Waals surface area (Å²) in [7, 11) is 0. The van der Waals surface area contributed by atoms with Crippen LogP contribution in [0.4, 0.5) is 0 Å². The maximum Gasteiger partial charge on any atom is 0.155 e. The van der Waals surface area contributed by atoms with E-state index in [-0.39, 0.29) is 16.9 Å². The molecule has 0 saturated heterocycles. The van der Waals surface area contributed by atoms with Gasteiger partial charge in [0.15, 0.2) is 5.78 Å². The fourth-order valence-corrected chi connectivity index (χ4v) is 7.83. The van der Waals surface area contributed by atoms with Gasteiger partial charge in [0.05, 0.1) is 6.10 Å². The van der Waals surface area contributed by atoms with Crippen LogP contribution in [0.5, 0.6) is 0 Å². The molecule has 1 aromatic rings. The van der Waals surface area contributed by atoms with E-state index in [4.69, 9.17) is 0 Å². The van der Waals surface area contributed by atoms with E-state index in [9.17, 15) is 9.90 Å². The molecule has 3 aliphatic carbocycles. The van der Waals surface area contributed by atoms with E-state index in [0.29, 0.717) is 24.0 Å². The molecule has 3 heteroatoms. The molecule has 0 aliphatic heterocycles. The van der Waals surface area contributed by atoms with Crippen molar-refractivity contribution in [1.82, 2.24) is 0 Å². The summed E-state index contributed by atoms with van der Waals surface area (Å²) in [5.74, 6) is 4.35. The molecule has 3 aliphatic rings. The van der Waals surface area contributed by atoms with Gasteiger partial charge >= 0.3 is 0 Å². The van der Waals surface area contributed by atoms with Crippen LogP contribution in [0.1, 0.15) is 91.5 Å². The Kier molecular flexibility index (Phi) is 9.31. The van der Waals surface area contributed by atoms with Crippen LogP contribution >= 0.6 is 11.8 Å². The van der Waals surface area contributed by atoms with Crippen molar-refractivity contribution >= 4 is 17.5 Å².